The van der Waals surface area contributed by atoms with Crippen molar-refractivity contribution < 1.29 is 23.8 Å². The van der Waals surface area contributed by atoms with Crippen LogP contribution in [0, 0.1) is 6.92 Å². The number of methoxy groups -OCH3 is 1. The smallest absolute Gasteiger partial charge is 0.227 e. The highest BCUT2D eigenvalue weighted by Crippen LogP contribution is 2.37. The highest BCUT2D eigenvalue weighted by atomic mass is 35.5. The number of hydrogen-bond acceptors (Lipinski definition) is 8. The zero-order valence-corrected chi connectivity index (χ0v) is 19.2. The summed E-state index contributed by atoms with van der Waals surface area (Å²) in [5, 5.41) is 15.1. The van der Waals surface area contributed by atoms with E-state index in [0.29, 0.717) is 32.7 Å². The molecule has 0 amide bonds. The standard InChI is InChI=1S/C24H19ClN2O5S/c1-13-9-10-18(32-13)23(30)20(17(29)12-28)21(14-5-3-6-15(11-14)31-2)26-24-27-22-16(25)7-4-8-19(22)33-24/h3-12,21,30H,1-2H3,(H,26,27). The number of carbonyl (C=O) groups is 2. The number of benzene rings is 2. The summed E-state index contributed by atoms with van der Waals surface area (Å²) in [6.07, 6.45) is 0.158. The third-order valence-corrected chi connectivity index (χ3v) is 6.21. The summed E-state index contributed by atoms with van der Waals surface area (Å²) < 4.78 is 11.7. The Labute approximate surface area is 198 Å². The van der Waals surface area contributed by atoms with Crippen molar-refractivity contribution >= 4 is 56.1 Å². The Morgan fingerprint density at radius 1 is 1.24 bits per heavy atom. The van der Waals surface area contributed by atoms with E-state index in [2.05, 4.69) is 10.3 Å². The number of para-hydroxylation sites is 1. The SMILES string of the molecule is COc1cccc(C(Nc2nc3c(Cl)cccc3s2)C(C(=O)C=O)=C(O)c2ccc(C)o2)c1. The molecule has 2 N–H and O–H groups in total. The summed E-state index contributed by atoms with van der Waals surface area (Å²) in [5.41, 5.74) is 0.992. The number of halogens is 1. The van der Waals surface area contributed by atoms with Gasteiger partial charge in [-0.25, -0.2) is 4.98 Å². The second-order valence-electron chi connectivity index (χ2n) is 7.11. The Morgan fingerprint density at radius 2 is 2.03 bits per heavy atom. The number of ketones is 1. The molecule has 0 spiro atoms. The number of furan rings is 1. The molecule has 0 aliphatic rings. The van der Waals surface area contributed by atoms with E-state index in [9.17, 15) is 14.7 Å². The quantitative estimate of drug-likeness (QED) is 0.143. The van der Waals surface area contributed by atoms with Gasteiger partial charge in [-0.1, -0.05) is 41.1 Å². The monoisotopic (exact) mass is 482 g/mol. The van der Waals surface area contributed by atoms with E-state index in [4.69, 9.17) is 20.8 Å². The van der Waals surface area contributed by atoms with Crippen LogP contribution < -0.4 is 10.1 Å². The number of fused-ring (bicyclic) bond motifs is 1. The topological polar surface area (TPSA) is 102 Å². The predicted octanol–water partition coefficient (Wildman–Crippen LogP) is 5.75. The summed E-state index contributed by atoms with van der Waals surface area (Å²) in [6, 6.07) is 14.6. The average Bonchev–Trinajstić information content (AvgIpc) is 3.45. The number of rotatable bonds is 8. The minimum absolute atomic E-state index is 0.0692. The van der Waals surface area contributed by atoms with Crippen molar-refractivity contribution in [3.05, 3.63) is 82.3 Å². The second-order valence-corrected chi connectivity index (χ2v) is 8.55. The fourth-order valence-corrected chi connectivity index (χ4v) is 4.59. The molecule has 168 valence electrons. The van der Waals surface area contributed by atoms with Crippen LogP contribution in [0.5, 0.6) is 5.75 Å². The summed E-state index contributed by atoms with van der Waals surface area (Å²) in [4.78, 5) is 28.9. The molecule has 33 heavy (non-hydrogen) atoms. The largest absolute Gasteiger partial charge is 0.504 e. The molecular weight excluding hydrogens is 464 g/mol. The first-order valence-electron chi connectivity index (χ1n) is 9.86. The van der Waals surface area contributed by atoms with E-state index in [1.807, 2.05) is 12.1 Å². The maximum Gasteiger partial charge on any atom is 0.227 e. The molecule has 0 fully saturated rings. The van der Waals surface area contributed by atoms with Crippen molar-refractivity contribution in [1.29, 1.82) is 0 Å². The Bertz CT molecular complexity index is 1370. The number of ether oxygens (including phenoxy) is 1. The second kappa shape index (κ2) is 9.48. The number of anilines is 1. The Kier molecular flexibility index (Phi) is 6.48. The lowest BCUT2D eigenvalue weighted by molar-refractivity contribution is -0.127. The molecule has 9 heteroatoms. The van der Waals surface area contributed by atoms with Gasteiger partial charge < -0.3 is 19.6 Å². The van der Waals surface area contributed by atoms with Crippen LogP contribution in [-0.4, -0.2) is 29.3 Å². The lowest BCUT2D eigenvalue weighted by Gasteiger charge is -2.21. The van der Waals surface area contributed by atoms with Crippen molar-refractivity contribution in [3.63, 3.8) is 0 Å². The minimum atomic E-state index is -0.942. The number of aromatic nitrogens is 1. The molecule has 0 saturated carbocycles. The molecular formula is C24H19ClN2O5S. The fourth-order valence-electron chi connectivity index (χ4n) is 3.40. The fraction of sp³-hybridized carbons (Fsp3) is 0.125. The van der Waals surface area contributed by atoms with Crippen molar-refractivity contribution in [1.82, 2.24) is 4.98 Å². The van der Waals surface area contributed by atoms with E-state index in [1.54, 1.807) is 43.3 Å². The zero-order chi connectivity index (χ0) is 23.5. The van der Waals surface area contributed by atoms with Crippen molar-refractivity contribution in [3.8, 4) is 5.75 Å². The van der Waals surface area contributed by atoms with E-state index >= 15 is 0 Å². The van der Waals surface area contributed by atoms with Crippen LogP contribution >= 0.6 is 22.9 Å². The number of aldehydes is 1. The van der Waals surface area contributed by atoms with Crippen molar-refractivity contribution in [2.45, 2.75) is 13.0 Å². The van der Waals surface area contributed by atoms with Crippen molar-refractivity contribution in [2.24, 2.45) is 0 Å². The van der Waals surface area contributed by atoms with Gasteiger partial charge in [-0.3, -0.25) is 9.59 Å². The first kappa shape index (κ1) is 22.6. The lowest BCUT2D eigenvalue weighted by Crippen LogP contribution is -2.21. The first-order chi connectivity index (χ1) is 15.9. The first-order valence-corrected chi connectivity index (χ1v) is 11.1. The average molecular weight is 483 g/mol. The molecule has 4 aromatic rings. The molecule has 2 aromatic carbocycles. The van der Waals surface area contributed by atoms with Gasteiger partial charge in [0.05, 0.1) is 28.4 Å². The molecule has 7 nitrogen and oxygen atoms in total. The van der Waals surface area contributed by atoms with Gasteiger partial charge in [0.15, 0.2) is 22.9 Å². The Morgan fingerprint density at radius 3 is 2.70 bits per heavy atom. The molecule has 0 aliphatic carbocycles. The molecule has 1 atom stereocenters. The molecule has 0 bridgehead atoms. The van der Waals surface area contributed by atoms with Gasteiger partial charge in [0.1, 0.15) is 17.0 Å². The molecule has 4 rings (SSSR count). The Hall–Kier alpha value is -3.62. The maximum absolute atomic E-state index is 12.8. The zero-order valence-electron chi connectivity index (χ0n) is 17.7. The number of Topliss-reactive ketones (excluding diaryl/α,β-unsaturated/α-hetero) is 1. The van der Waals surface area contributed by atoms with Crippen LogP contribution in [0.1, 0.15) is 23.1 Å². The number of aliphatic hydroxyl groups excluding tert-OH is 1. The Balaban J connectivity index is 1.90. The third kappa shape index (κ3) is 4.62. The molecule has 2 aromatic heterocycles. The number of carbonyl (C=O) groups excluding carboxylic acids is 2. The molecule has 1 unspecified atom stereocenters. The highest BCUT2D eigenvalue weighted by Gasteiger charge is 2.29. The van der Waals surface area contributed by atoms with E-state index < -0.39 is 17.6 Å². The molecule has 2 heterocycles. The van der Waals surface area contributed by atoms with Crippen LogP contribution in [-0.2, 0) is 9.59 Å². The van der Waals surface area contributed by atoms with Crippen LogP contribution in [0.2, 0.25) is 5.02 Å². The van der Waals surface area contributed by atoms with Gasteiger partial charge in [-0.05, 0) is 48.9 Å². The molecule has 0 radical (unpaired) electrons. The number of aryl methyl sites for hydroxylation is 1. The summed E-state index contributed by atoms with van der Waals surface area (Å²) >= 11 is 7.60. The van der Waals surface area contributed by atoms with E-state index in [-0.39, 0.29) is 17.6 Å². The lowest BCUT2D eigenvalue weighted by atomic mass is 9.94. The van der Waals surface area contributed by atoms with Crippen LogP contribution in [0.25, 0.3) is 16.0 Å². The van der Waals surface area contributed by atoms with Crippen LogP contribution in [0.4, 0.5) is 5.13 Å². The number of aliphatic hydroxyl groups is 1. The van der Waals surface area contributed by atoms with Crippen LogP contribution in [0.3, 0.4) is 0 Å². The van der Waals surface area contributed by atoms with Crippen LogP contribution in [0.15, 0.2) is 64.6 Å². The van der Waals surface area contributed by atoms with E-state index in [1.165, 1.54) is 24.5 Å². The normalized spacial score (nSPS) is 12.8. The number of nitrogens with one attached hydrogen (secondary N) is 1. The summed E-state index contributed by atoms with van der Waals surface area (Å²) in [6.45, 7) is 1.71. The number of nitrogens with zero attached hydrogens (tertiary/aromatic N) is 1. The maximum atomic E-state index is 12.8. The summed E-state index contributed by atoms with van der Waals surface area (Å²) in [5.74, 6) is -0.195. The van der Waals surface area contributed by atoms with Crippen molar-refractivity contribution in [2.75, 3.05) is 12.4 Å². The third-order valence-electron chi connectivity index (χ3n) is 4.95. The summed E-state index contributed by atoms with van der Waals surface area (Å²) in [7, 11) is 1.52. The van der Waals surface area contributed by atoms with Gasteiger partial charge >= 0.3 is 0 Å². The predicted molar refractivity (Wildman–Crippen MR) is 128 cm³/mol. The number of hydrogen-bond donors (Lipinski definition) is 2. The highest BCUT2D eigenvalue weighted by molar-refractivity contribution is 7.22. The van der Waals surface area contributed by atoms with Gasteiger partial charge in [0.25, 0.3) is 0 Å². The minimum Gasteiger partial charge on any atom is -0.504 e. The van der Waals surface area contributed by atoms with Gasteiger partial charge in [0, 0.05) is 0 Å². The molecule has 0 saturated heterocycles. The molecule has 0 aliphatic heterocycles. The van der Waals surface area contributed by atoms with E-state index in [0.717, 1.165) is 4.70 Å². The van der Waals surface area contributed by atoms with Gasteiger partial charge in [0.2, 0.25) is 5.78 Å². The van der Waals surface area contributed by atoms with Gasteiger partial charge in [-0.2, -0.15) is 0 Å². The van der Waals surface area contributed by atoms with Gasteiger partial charge in [-0.15, -0.1) is 0 Å². The number of thiazole rings is 1.